The zero-order chi connectivity index (χ0) is 28.3. The maximum absolute atomic E-state index is 15.8. The van der Waals surface area contributed by atoms with E-state index in [-0.39, 0.29) is 28.7 Å². The van der Waals surface area contributed by atoms with Gasteiger partial charge in [0.15, 0.2) is 23.1 Å². The SMILES string of the molecule is COc1cc(/C=C/C(=O)c2cn(CCF)c3c(F)c(N4CCN(C)CC4)c(F)cc3c2=O)cc(OC)c1OC. The van der Waals surface area contributed by atoms with Crippen LogP contribution < -0.4 is 24.5 Å². The van der Waals surface area contributed by atoms with E-state index >= 15 is 8.78 Å². The Labute approximate surface area is 223 Å². The molecule has 0 atom stereocenters. The van der Waals surface area contributed by atoms with Crippen LogP contribution in [-0.2, 0) is 6.54 Å². The summed E-state index contributed by atoms with van der Waals surface area (Å²) >= 11 is 0. The molecule has 0 amide bonds. The second-order valence-corrected chi connectivity index (χ2v) is 9.12. The molecule has 11 heteroatoms. The lowest BCUT2D eigenvalue weighted by molar-refractivity contribution is 0.104. The lowest BCUT2D eigenvalue weighted by atomic mass is 10.0. The van der Waals surface area contributed by atoms with Gasteiger partial charge in [-0.3, -0.25) is 9.59 Å². The van der Waals surface area contributed by atoms with Crippen molar-refractivity contribution in [3.05, 3.63) is 63.5 Å². The molecule has 208 valence electrons. The van der Waals surface area contributed by atoms with E-state index in [0.717, 1.165) is 22.9 Å². The number of hydrogen-bond acceptors (Lipinski definition) is 7. The highest BCUT2D eigenvalue weighted by molar-refractivity contribution is 6.08. The summed E-state index contributed by atoms with van der Waals surface area (Å²) in [6.07, 6.45) is 3.71. The zero-order valence-electron chi connectivity index (χ0n) is 22.2. The summed E-state index contributed by atoms with van der Waals surface area (Å²) in [4.78, 5) is 30.0. The molecule has 3 aromatic rings. The highest BCUT2D eigenvalue weighted by atomic mass is 19.1. The molecule has 0 unspecified atom stereocenters. The molecule has 0 aliphatic carbocycles. The highest BCUT2D eigenvalue weighted by Crippen LogP contribution is 2.38. The average Bonchev–Trinajstić information content (AvgIpc) is 2.93. The van der Waals surface area contributed by atoms with Crippen LogP contribution in [0.15, 0.2) is 35.3 Å². The number of halogens is 3. The molecule has 2 aromatic carbocycles. The van der Waals surface area contributed by atoms with Crippen molar-refractivity contribution in [1.29, 1.82) is 0 Å². The number of ketones is 1. The fraction of sp³-hybridized carbons (Fsp3) is 0.357. The van der Waals surface area contributed by atoms with Gasteiger partial charge in [0.05, 0.1) is 44.3 Å². The van der Waals surface area contributed by atoms with Gasteiger partial charge in [0, 0.05) is 32.4 Å². The molecule has 0 saturated carbocycles. The number of methoxy groups -OCH3 is 3. The van der Waals surface area contributed by atoms with Crippen LogP contribution in [0.25, 0.3) is 17.0 Å². The molecular formula is C28H30F3N3O5. The average molecular weight is 546 g/mol. The van der Waals surface area contributed by atoms with E-state index in [2.05, 4.69) is 0 Å². The smallest absolute Gasteiger partial charge is 0.203 e. The number of aryl methyl sites for hydroxylation is 1. The van der Waals surface area contributed by atoms with Crippen LogP contribution in [0.3, 0.4) is 0 Å². The molecule has 2 heterocycles. The van der Waals surface area contributed by atoms with Gasteiger partial charge >= 0.3 is 0 Å². The molecule has 0 bridgehead atoms. The van der Waals surface area contributed by atoms with Gasteiger partial charge in [0.25, 0.3) is 0 Å². The molecule has 0 radical (unpaired) electrons. The van der Waals surface area contributed by atoms with Crippen LogP contribution in [0.2, 0.25) is 0 Å². The summed E-state index contributed by atoms with van der Waals surface area (Å²) in [5.41, 5.74) is -1.17. The fourth-order valence-corrected chi connectivity index (χ4v) is 4.70. The minimum absolute atomic E-state index is 0.238. The number of ether oxygens (including phenoxy) is 3. The summed E-state index contributed by atoms with van der Waals surface area (Å²) < 4.78 is 61.5. The van der Waals surface area contributed by atoms with Crippen LogP contribution in [0.5, 0.6) is 17.2 Å². The van der Waals surface area contributed by atoms with Crippen molar-refractivity contribution in [2.75, 3.05) is 66.1 Å². The minimum atomic E-state index is -0.952. The predicted octanol–water partition coefficient (Wildman–Crippen LogP) is 3.92. The van der Waals surface area contributed by atoms with E-state index in [1.165, 1.54) is 27.4 Å². The Morgan fingerprint density at radius 1 is 1.00 bits per heavy atom. The second kappa shape index (κ2) is 11.8. The Morgan fingerprint density at radius 2 is 1.64 bits per heavy atom. The van der Waals surface area contributed by atoms with Crippen molar-refractivity contribution in [3.63, 3.8) is 0 Å². The number of hydrogen-bond donors (Lipinski definition) is 0. The number of piperazine rings is 1. The molecule has 1 aliphatic heterocycles. The molecule has 4 rings (SSSR count). The van der Waals surface area contributed by atoms with E-state index in [4.69, 9.17) is 14.2 Å². The third-order valence-electron chi connectivity index (χ3n) is 6.75. The lowest BCUT2D eigenvalue weighted by Crippen LogP contribution is -2.45. The van der Waals surface area contributed by atoms with Crippen LogP contribution in [0, 0.1) is 11.6 Å². The van der Waals surface area contributed by atoms with Gasteiger partial charge in [-0.1, -0.05) is 6.08 Å². The van der Waals surface area contributed by atoms with Crippen molar-refractivity contribution in [3.8, 4) is 17.2 Å². The van der Waals surface area contributed by atoms with E-state index in [1.54, 1.807) is 17.0 Å². The fourth-order valence-electron chi connectivity index (χ4n) is 4.70. The molecule has 0 N–H and O–H groups in total. The first-order valence-electron chi connectivity index (χ1n) is 12.3. The molecule has 1 aliphatic rings. The summed E-state index contributed by atoms with van der Waals surface area (Å²) in [6.45, 7) is 0.808. The van der Waals surface area contributed by atoms with Crippen molar-refractivity contribution in [2.24, 2.45) is 0 Å². The third-order valence-corrected chi connectivity index (χ3v) is 6.75. The first-order chi connectivity index (χ1) is 18.7. The predicted molar refractivity (Wildman–Crippen MR) is 143 cm³/mol. The zero-order valence-corrected chi connectivity index (χ0v) is 22.2. The number of allylic oxidation sites excluding steroid dienone is 1. The maximum Gasteiger partial charge on any atom is 0.203 e. The topological polar surface area (TPSA) is 73.2 Å². The third kappa shape index (κ3) is 5.44. The first-order valence-corrected chi connectivity index (χ1v) is 12.3. The highest BCUT2D eigenvalue weighted by Gasteiger charge is 2.26. The Bertz CT molecular complexity index is 1450. The number of pyridine rings is 1. The number of alkyl halides is 1. The van der Waals surface area contributed by atoms with Crippen molar-refractivity contribution in [2.45, 2.75) is 6.54 Å². The normalized spacial score (nSPS) is 14.3. The van der Waals surface area contributed by atoms with Gasteiger partial charge in [-0.15, -0.1) is 0 Å². The van der Waals surface area contributed by atoms with Crippen molar-refractivity contribution >= 4 is 28.4 Å². The molecule has 39 heavy (non-hydrogen) atoms. The molecule has 0 spiro atoms. The number of fused-ring (bicyclic) bond motifs is 1. The van der Waals surface area contributed by atoms with Gasteiger partial charge in [-0.05, 0) is 36.9 Å². The molecule has 1 aromatic heterocycles. The molecular weight excluding hydrogens is 515 g/mol. The van der Waals surface area contributed by atoms with Crippen LogP contribution >= 0.6 is 0 Å². The number of benzene rings is 2. The largest absolute Gasteiger partial charge is 0.493 e. The van der Waals surface area contributed by atoms with Gasteiger partial charge < -0.3 is 28.6 Å². The van der Waals surface area contributed by atoms with Gasteiger partial charge in [-0.2, -0.15) is 0 Å². The van der Waals surface area contributed by atoms with Gasteiger partial charge in [0.2, 0.25) is 11.2 Å². The summed E-state index contributed by atoms with van der Waals surface area (Å²) in [5, 5.41) is -0.330. The Hall–Kier alpha value is -3.99. The van der Waals surface area contributed by atoms with Crippen LogP contribution in [-0.4, -0.2) is 76.5 Å². The molecule has 1 fully saturated rings. The number of carbonyl (C=O) groups excluding carboxylic acids is 1. The van der Waals surface area contributed by atoms with E-state index in [9.17, 15) is 14.0 Å². The standard InChI is InChI=1S/C28H30F3N3O5/c1-32-9-11-33(12-10-32)26-20(30)15-18-25(24(26)31)34(8-7-29)16-19(27(18)36)21(35)6-5-17-13-22(37-2)28(39-4)23(14-17)38-3/h5-6,13-16H,7-12H2,1-4H3/b6-5+. The van der Waals surface area contributed by atoms with Gasteiger partial charge in [0.1, 0.15) is 18.2 Å². The minimum Gasteiger partial charge on any atom is -0.493 e. The molecule has 1 saturated heterocycles. The second-order valence-electron chi connectivity index (χ2n) is 9.12. The van der Waals surface area contributed by atoms with Crippen molar-refractivity contribution in [1.82, 2.24) is 9.47 Å². The van der Waals surface area contributed by atoms with Crippen LogP contribution in [0.4, 0.5) is 18.9 Å². The molecule has 8 nitrogen and oxygen atoms in total. The first kappa shape index (κ1) is 28.0. The Kier molecular flexibility index (Phi) is 8.49. The van der Waals surface area contributed by atoms with E-state index < -0.39 is 29.5 Å². The quantitative estimate of drug-likeness (QED) is 0.298. The lowest BCUT2D eigenvalue weighted by Gasteiger charge is -2.34. The Balaban J connectivity index is 1.78. The van der Waals surface area contributed by atoms with Gasteiger partial charge in [-0.25, -0.2) is 13.2 Å². The monoisotopic (exact) mass is 545 g/mol. The maximum atomic E-state index is 15.8. The number of nitrogens with zero attached hydrogens (tertiary/aromatic N) is 3. The Morgan fingerprint density at radius 3 is 2.21 bits per heavy atom. The summed E-state index contributed by atoms with van der Waals surface area (Å²) in [6, 6.07) is 4.15. The number of anilines is 1. The summed E-state index contributed by atoms with van der Waals surface area (Å²) in [7, 11) is 6.27. The van der Waals surface area contributed by atoms with Crippen LogP contribution in [0.1, 0.15) is 15.9 Å². The van der Waals surface area contributed by atoms with Crippen molar-refractivity contribution < 1.29 is 32.2 Å². The summed E-state index contributed by atoms with van der Waals surface area (Å²) in [5.74, 6) is -1.48. The number of aromatic nitrogens is 1. The van der Waals surface area contributed by atoms with E-state index in [1.807, 2.05) is 11.9 Å². The van der Waals surface area contributed by atoms with E-state index in [0.29, 0.717) is 49.0 Å². The number of carbonyl (C=O) groups is 1. The number of likely N-dealkylation sites (N-methyl/N-ethyl adjacent to an activating group) is 1. The number of rotatable bonds is 9.